The van der Waals surface area contributed by atoms with Crippen molar-refractivity contribution in [2.75, 3.05) is 0 Å². The van der Waals surface area contributed by atoms with Gasteiger partial charge >= 0.3 is 0 Å². The van der Waals surface area contributed by atoms with Crippen LogP contribution in [-0.4, -0.2) is 4.57 Å². The Balaban J connectivity index is 1.53. The molecule has 150 valence electrons. The molecule has 0 saturated heterocycles. The number of benzene rings is 5. The third-order valence-corrected chi connectivity index (χ3v) is 6.82. The fourth-order valence-electron chi connectivity index (χ4n) is 5.41. The van der Waals surface area contributed by atoms with Crippen LogP contribution in [0, 0.1) is 0 Å². The summed E-state index contributed by atoms with van der Waals surface area (Å²) in [5.41, 5.74) is 11.9. The predicted molar refractivity (Wildman–Crippen MR) is 134 cm³/mol. The van der Waals surface area contributed by atoms with Crippen molar-refractivity contribution in [2.24, 2.45) is 0 Å². The lowest BCUT2D eigenvalue weighted by atomic mass is 9.95. The number of hydrogen-bond acceptors (Lipinski definition) is 0. The zero-order chi connectivity index (χ0) is 21.1. The Labute approximate surface area is 187 Å². The van der Waals surface area contributed by atoms with Gasteiger partial charge in [-0.05, 0) is 70.1 Å². The highest BCUT2D eigenvalue weighted by molar-refractivity contribution is 6.15. The summed E-state index contributed by atoms with van der Waals surface area (Å²) in [6.07, 6.45) is 1.03. The Morgan fingerprint density at radius 2 is 1.22 bits per heavy atom. The molecule has 1 heteroatoms. The second-order valence-corrected chi connectivity index (χ2v) is 8.59. The maximum Gasteiger partial charge on any atom is 0.0547 e. The van der Waals surface area contributed by atoms with Crippen LogP contribution >= 0.6 is 0 Å². The van der Waals surface area contributed by atoms with Gasteiger partial charge in [0.05, 0.1) is 11.0 Å². The van der Waals surface area contributed by atoms with Crippen LogP contribution in [0.25, 0.3) is 49.7 Å². The molecule has 0 radical (unpaired) electrons. The zero-order valence-corrected chi connectivity index (χ0v) is 17.6. The molecule has 0 spiro atoms. The van der Waals surface area contributed by atoms with Gasteiger partial charge in [0, 0.05) is 16.5 Å². The number of nitrogens with zero attached hydrogens (tertiary/aromatic N) is 1. The van der Waals surface area contributed by atoms with E-state index >= 15 is 0 Å². The summed E-state index contributed by atoms with van der Waals surface area (Å²) < 4.78 is 2.39. The first-order chi connectivity index (χ1) is 15.9. The molecular weight excluding hydrogens is 386 g/mol. The third kappa shape index (κ3) is 2.45. The van der Waals surface area contributed by atoms with Gasteiger partial charge in [0.1, 0.15) is 0 Å². The average Bonchev–Trinajstić information content (AvgIpc) is 3.40. The molecule has 1 aromatic heterocycles. The summed E-state index contributed by atoms with van der Waals surface area (Å²) in [5.74, 6) is 0. The number of aromatic nitrogens is 1. The van der Waals surface area contributed by atoms with Gasteiger partial charge in [-0.2, -0.15) is 0 Å². The molecule has 0 aliphatic heterocycles. The largest absolute Gasteiger partial charge is 0.309 e. The molecule has 0 N–H and O–H groups in total. The normalized spacial score (nSPS) is 12.2. The van der Waals surface area contributed by atoms with E-state index in [1.165, 1.54) is 60.9 Å². The van der Waals surface area contributed by atoms with Crippen molar-refractivity contribution in [1.82, 2.24) is 4.57 Å². The smallest absolute Gasteiger partial charge is 0.0547 e. The van der Waals surface area contributed by atoms with Crippen LogP contribution in [0.5, 0.6) is 0 Å². The molecule has 0 saturated carbocycles. The second kappa shape index (κ2) is 6.70. The lowest BCUT2D eigenvalue weighted by molar-refractivity contribution is 1.18. The second-order valence-electron chi connectivity index (χ2n) is 8.59. The third-order valence-electron chi connectivity index (χ3n) is 6.82. The van der Waals surface area contributed by atoms with Crippen LogP contribution < -0.4 is 0 Å². The lowest BCUT2D eigenvalue weighted by Crippen LogP contribution is -1.93. The lowest BCUT2D eigenvalue weighted by Gasteiger charge is -2.10. The SMILES string of the molecule is c1ccc(-n2c3ccccc3c3c(-c4ccc5c(c4)-c4ccccc4C5)cccc32)cc1. The average molecular weight is 408 g/mol. The fourth-order valence-corrected chi connectivity index (χ4v) is 5.41. The maximum absolute atomic E-state index is 2.39. The van der Waals surface area contributed by atoms with Gasteiger partial charge in [-0.1, -0.05) is 84.9 Å². The van der Waals surface area contributed by atoms with Crippen LogP contribution in [0.2, 0.25) is 0 Å². The minimum absolute atomic E-state index is 1.03. The van der Waals surface area contributed by atoms with Gasteiger partial charge in [0.25, 0.3) is 0 Å². The maximum atomic E-state index is 2.39. The number of hydrogen-bond donors (Lipinski definition) is 0. The summed E-state index contributed by atoms with van der Waals surface area (Å²) in [6, 6.07) is 41.9. The van der Waals surface area contributed by atoms with Gasteiger partial charge in [-0.15, -0.1) is 0 Å². The topological polar surface area (TPSA) is 4.93 Å². The summed E-state index contributed by atoms with van der Waals surface area (Å²) in [7, 11) is 0. The molecule has 0 bridgehead atoms. The Bertz CT molecular complexity index is 1640. The number of para-hydroxylation sites is 2. The molecule has 5 aromatic carbocycles. The van der Waals surface area contributed by atoms with Crippen molar-refractivity contribution in [3.8, 4) is 27.9 Å². The number of fused-ring (bicyclic) bond motifs is 6. The van der Waals surface area contributed by atoms with Crippen molar-refractivity contribution >= 4 is 21.8 Å². The van der Waals surface area contributed by atoms with E-state index in [-0.39, 0.29) is 0 Å². The molecule has 7 rings (SSSR count). The molecule has 6 aromatic rings. The van der Waals surface area contributed by atoms with E-state index in [1.807, 2.05) is 0 Å². The molecule has 32 heavy (non-hydrogen) atoms. The fraction of sp³-hybridized carbons (Fsp3) is 0.0323. The standard InChI is InChI=1S/C31H21N/c1-2-10-24(11-3-1)32-29-15-7-6-13-27(29)31-26(14-8-16-30(31)32)23-18-17-22-19-21-9-4-5-12-25(21)28(22)20-23/h1-18,20H,19H2. The highest BCUT2D eigenvalue weighted by atomic mass is 15.0. The Kier molecular flexibility index (Phi) is 3.68. The van der Waals surface area contributed by atoms with Gasteiger partial charge in [0.15, 0.2) is 0 Å². The van der Waals surface area contributed by atoms with Crippen LogP contribution in [-0.2, 0) is 6.42 Å². The van der Waals surface area contributed by atoms with Gasteiger partial charge in [-0.25, -0.2) is 0 Å². The minimum atomic E-state index is 1.03. The molecule has 0 amide bonds. The molecule has 1 aliphatic carbocycles. The van der Waals surface area contributed by atoms with Crippen molar-refractivity contribution in [1.29, 1.82) is 0 Å². The first kappa shape index (κ1) is 17.6. The Morgan fingerprint density at radius 1 is 0.500 bits per heavy atom. The summed E-state index contributed by atoms with van der Waals surface area (Å²) in [6.45, 7) is 0. The van der Waals surface area contributed by atoms with Crippen LogP contribution in [0.3, 0.4) is 0 Å². The van der Waals surface area contributed by atoms with Crippen LogP contribution in [0.15, 0.2) is 115 Å². The molecule has 1 nitrogen and oxygen atoms in total. The first-order valence-electron chi connectivity index (χ1n) is 11.2. The predicted octanol–water partition coefficient (Wildman–Crippen LogP) is 8.02. The number of rotatable bonds is 2. The van der Waals surface area contributed by atoms with E-state index in [0.29, 0.717) is 0 Å². The van der Waals surface area contributed by atoms with E-state index in [0.717, 1.165) is 6.42 Å². The molecular formula is C31H21N. The highest BCUT2D eigenvalue weighted by Gasteiger charge is 2.20. The van der Waals surface area contributed by atoms with Gasteiger partial charge in [0.2, 0.25) is 0 Å². The van der Waals surface area contributed by atoms with Crippen LogP contribution in [0.4, 0.5) is 0 Å². The Morgan fingerprint density at radius 3 is 2.16 bits per heavy atom. The van der Waals surface area contributed by atoms with Crippen molar-refractivity contribution in [2.45, 2.75) is 6.42 Å². The van der Waals surface area contributed by atoms with E-state index in [9.17, 15) is 0 Å². The van der Waals surface area contributed by atoms with E-state index in [4.69, 9.17) is 0 Å². The molecule has 0 fully saturated rings. The molecule has 0 unspecified atom stereocenters. The summed E-state index contributed by atoms with van der Waals surface area (Å²) >= 11 is 0. The van der Waals surface area contributed by atoms with Crippen molar-refractivity contribution in [3.05, 3.63) is 126 Å². The van der Waals surface area contributed by atoms with Crippen molar-refractivity contribution < 1.29 is 0 Å². The zero-order valence-electron chi connectivity index (χ0n) is 17.6. The summed E-state index contributed by atoms with van der Waals surface area (Å²) in [4.78, 5) is 0. The van der Waals surface area contributed by atoms with Gasteiger partial charge < -0.3 is 4.57 Å². The molecule has 0 atom stereocenters. The molecule has 1 heterocycles. The van der Waals surface area contributed by atoms with Gasteiger partial charge in [-0.3, -0.25) is 0 Å². The monoisotopic (exact) mass is 407 g/mol. The highest BCUT2D eigenvalue weighted by Crippen LogP contribution is 2.42. The van der Waals surface area contributed by atoms with E-state index in [2.05, 4.69) is 120 Å². The van der Waals surface area contributed by atoms with Crippen LogP contribution in [0.1, 0.15) is 11.1 Å². The van der Waals surface area contributed by atoms with E-state index < -0.39 is 0 Å². The first-order valence-corrected chi connectivity index (χ1v) is 11.2. The minimum Gasteiger partial charge on any atom is -0.309 e. The van der Waals surface area contributed by atoms with E-state index in [1.54, 1.807) is 0 Å². The quantitative estimate of drug-likeness (QED) is 0.273. The Hall–Kier alpha value is -4.10. The molecule has 1 aliphatic rings. The van der Waals surface area contributed by atoms with Crippen molar-refractivity contribution in [3.63, 3.8) is 0 Å². The summed E-state index contributed by atoms with van der Waals surface area (Å²) in [5, 5.41) is 2.61.